The number of carbonyl (C=O) groups is 1. The number of nitrogens with two attached hydrogens (primary N) is 1. The van der Waals surface area contributed by atoms with Crippen molar-refractivity contribution in [2.24, 2.45) is 5.73 Å². The number of anilines is 1. The fourth-order valence-electron chi connectivity index (χ4n) is 3.75. The molecule has 0 bridgehead atoms. The van der Waals surface area contributed by atoms with Crippen LogP contribution in [0.25, 0.3) is 0 Å². The van der Waals surface area contributed by atoms with Gasteiger partial charge in [-0.3, -0.25) is 13.9 Å². The zero-order valence-corrected chi connectivity index (χ0v) is 16.5. The van der Waals surface area contributed by atoms with Crippen molar-refractivity contribution < 1.29 is 18.3 Å². The predicted molar refractivity (Wildman–Crippen MR) is 106 cm³/mol. The molecule has 1 aromatic rings. The van der Waals surface area contributed by atoms with Crippen LogP contribution >= 0.6 is 22.2 Å². The van der Waals surface area contributed by atoms with Gasteiger partial charge in [0.25, 0.3) is 5.91 Å². The van der Waals surface area contributed by atoms with Gasteiger partial charge in [0.2, 0.25) is 0 Å². The Bertz CT molecular complexity index is 691. The SMILES string of the molecule is NC(=O)c1cc(F)c(N[C@H]2CC[C@H](NC3CCS(O)(O)CC3)CC2)nc1Cl. The van der Waals surface area contributed by atoms with E-state index in [-0.39, 0.29) is 22.6 Å². The highest BCUT2D eigenvalue weighted by Crippen LogP contribution is 2.44. The molecule has 1 aliphatic carbocycles. The van der Waals surface area contributed by atoms with Crippen molar-refractivity contribution in [3.8, 4) is 0 Å². The van der Waals surface area contributed by atoms with E-state index in [2.05, 4.69) is 15.6 Å². The summed E-state index contributed by atoms with van der Waals surface area (Å²) in [7, 11) is -2.35. The molecule has 0 spiro atoms. The summed E-state index contributed by atoms with van der Waals surface area (Å²) in [5.41, 5.74) is 5.01. The highest BCUT2D eigenvalue weighted by molar-refractivity contribution is 8.24. The second-order valence-corrected chi connectivity index (χ2v) is 10.1. The van der Waals surface area contributed by atoms with Crippen molar-refractivity contribution in [3.63, 3.8) is 0 Å². The number of halogens is 2. The smallest absolute Gasteiger partial charge is 0.251 e. The minimum absolute atomic E-state index is 0.0406. The molecule has 3 rings (SSSR count). The van der Waals surface area contributed by atoms with Crippen LogP contribution in [-0.2, 0) is 0 Å². The van der Waals surface area contributed by atoms with Gasteiger partial charge in [0.1, 0.15) is 5.15 Å². The maximum Gasteiger partial charge on any atom is 0.251 e. The molecule has 10 heteroatoms. The molecular formula is C17H26ClFN4O3S. The first-order valence-corrected chi connectivity index (χ1v) is 11.4. The molecule has 0 atom stereocenters. The summed E-state index contributed by atoms with van der Waals surface area (Å²) in [6, 6.07) is 1.81. The number of aromatic nitrogens is 1. The molecule has 1 aliphatic heterocycles. The third-order valence-corrected chi connectivity index (χ3v) is 7.39. The number of pyridine rings is 1. The fraction of sp³-hybridized carbons (Fsp3) is 0.647. The summed E-state index contributed by atoms with van der Waals surface area (Å²) < 4.78 is 33.5. The molecule has 1 saturated heterocycles. The third-order valence-electron chi connectivity index (χ3n) is 5.32. The summed E-state index contributed by atoms with van der Waals surface area (Å²) in [4.78, 5) is 15.1. The van der Waals surface area contributed by atoms with Gasteiger partial charge in [0, 0.05) is 29.6 Å². The van der Waals surface area contributed by atoms with Crippen LogP contribution in [0.1, 0.15) is 48.9 Å². The third kappa shape index (κ3) is 5.45. The van der Waals surface area contributed by atoms with Gasteiger partial charge in [-0.05, 0) is 44.6 Å². The Hall–Kier alpha value is -1.13. The van der Waals surface area contributed by atoms with E-state index in [1.807, 2.05) is 0 Å². The van der Waals surface area contributed by atoms with Gasteiger partial charge in [-0.1, -0.05) is 11.6 Å². The first-order chi connectivity index (χ1) is 12.7. The Morgan fingerprint density at radius 3 is 2.30 bits per heavy atom. The molecule has 1 amide bonds. The molecule has 2 fully saturated rings. The fourth-order valence-corrected chi connectivity index (χ4v) is 5.51. The quantitative estimate of drug-likeness (QED) is 0.466. The number of primary amides is 1. The number of nitrogens with zero attached hydrogens (tertiary/aromatic N) is 1. The number of carbonyl (C=O) groups excluding carboxylic acids is 1. The summed E-state index contributed by atoms with van der Waals surface area (Å²) in [6.07, 6.45) is 5.19. The standard InChI is InChI=1S/C17H26ClFN4O3S/c18-15-13(16(20)24)9-14(19)17(23-15)22-11-3-1-10(2-4-11)21-12-5-7-27(25,26)8-6-12/h9-12,21,25-26H,1-8H2,(H2,20,24)(H,22,23)/t10-,11-. The van der Waals surface area contributed by atoms with Gasteiger partial charge < -0.3 is 16.4 Å². The first kappa shape index (κ1) is 20.6. The zero-order chi connectivity index (χ0) is 19.6. The number of nitrogens with one attached hydrogen (secondary N) is 2. The van der Waals surface area contributed by atoms with Crippen LogP contribution in [0.15, 0.2) is 6.07 Å². The lowest BCUT2D eigenvalue weighted by atomic mass is 9.90. The molecular weight excluding hydrogens is 395 g/mol. The van der Waals surface area contributed by atoms with Crippen LogP contribution in [0, 0.1) is 5.82 Å². The van der Waals surface area contributed by atoms with Crippen molar-refractivity contribution in [1.29, 1.82) is 0 Å². The number of hydrogen-bond donors (Lipinski definition) is 5. The average molecular weight is 421 g/mol. The zero-order valence-electron chi connectivity index (χ0n) is 15.0. The minimum atomic E-state index is -2.35. The Balaban J connectivity index is 1.49. The first-order valence-electron chi connectivity index (χ1n) is 9.15. The van der Waals surface area contributed by atoms with Crippen LogP contribution in [0.5, 0.6) is 0 Å². The highest BCUT2D eigenvalue weighted by Gasteiger charge is 2.28. The Kier molecular flexibility index (Phi) is 6.47. The lowest BCUT2D eigenvalue weighted by Crippen LogP contribution is -2.45. The molecule has 0 radical (unpaired) electrons. The lowest BCUT2D eigenvalue weighted by molar-refractivity contribution is 0.0999. The number of amides is 1. The monoisotopic (exact) mass is 420 g/mol. The van der Waals surface area contributed by atoms with Gasteiger partial charge in [-0.15, -0.1) is 0 Å². The molecule has 1 aromatic heterocycles. The summed E-state index contributed by atoms with van der Waals surface area (Å²) in [6.45, 7) is 0. The molecule has 6 N–H and O–H groups in total. The highest BCUT2D eigenvalue weighted by atomic mass is 35.5. The molecule has 27 heavy (non-hydrogen) atoms. The van der Waals surface area contributed by atoms with E-state index < -0.39 is 22.3 Å². The Morgan fingerprint density at radius 1 is 1.15 bits per heavy atom. The molecule has 7 nitrogen and oxygen atoms in total. The number of rotatable bonds is 5. The van der Waals surface area contributed by atoms with Crippen LogP contribution < -0.4 is 16.4 Å². The van der Waals surface area contributed by atoms with Crippen molar-refractivity contribution >= 4 is 33.9 Å². The van der Waals surface area contributed by atoms with E-state index in [9.17, 15) is 18.3 Å². The summed E-state index contributed by atoms with van der Waals surface area (Å²) in [5, 5.41) is 6.59. The van der Waals surface area contributed by atoms with Crippen LogP contribution in [-0.4, -0.2) is 49.6 Å². The maximum atomic E-state index is 14.2. The number of hydrogen-bond acceptors (Lipinski definition) is 6. The molecule has 152 valence electrons. The van der Waals surface area contributed by atoms with Gasteiger partial charge in [0.15, 0.2) is 11.6 Å². The predicted octanol–water partition coefficient (Wildman–Crippen LogP) is 3.20. The van der Waals surface area contributed by atoms with Crippen molar-refractivity contribution in [3.05, 3.63) is 22.6 Å². The largest absolute Gasteiger partial charge is 0.366 e. The molecule has 0 unspecified atom stereocenters. The van der Waals surface area contributed by atoms with E-state index in [1.165, 1.54) is 0 Å². The van der Waals surface area contributed by atoms with Crippen LogP contribution in [0.4, 0.5) is 10.2 Å². The van der Waals surface area contributed by atoms with Crippen molar-refractivity contribution in [2.75, 3.05) is 16.8 Å². The van der Waals surface area contributed by atoms with Crippen molar-refractivity contribution in [1.82, 2.24) is 10.3 Å². The maximum absolute atomic E-state index is 14.2. The van der Waals surface area contributed by atoms with E-state index >= 15 is 0 Å². The van der Waals surface area contributed by atoms with E-state index in [1.54, 1.807) is 0 Å². The average Bonchev–Trinajstić information content (AvgIpc) is 2.61. The molecule has 0 aromatic carbocycles. The topological polar surface area (TPSA) is 121 Å². The second kappa shape index (κ2) is 8.48. The van der Waals surface area contributed by atoms with E-state index in [0.29, 0.717) is 23.6 Å². The molecule has 1 saturated carbocycles. The molecule has 2 heterocycles. The lowest BCUT2D eigenvalue weighted by Gasteiger charge is -2.41. The Labute approximate surface area is 164 Å². The second-order valence-electron chi connectivity index (χ2n) is 7.37. The van der Waals surface area contributed by atoms with Gasteiger partial charge in [-0.2, -0.15) is 10.6 Å². The summed E-state index contributed by atoms with van der Waals surface area (Å²) >= 11 is 5.90. The van der Waals surface area contributed by atoms with E-state index in [0.717, 1.165) is 44.6 Å². The van der Waals surface area contributed by atoms with E-state index in [4.69, 9.17) is 17.3 Å². The Morgan fingerprint density at radius 2 is 1.70 bits per heavy atom. The van der Waals surface area contributed by atoms with Gasteiger partial charge >= 0.3 is 0 Å². The van der Waals surface area contributed by atoms with Crippen molar-refractivity contribution in [2.45, 2.75) is 56.7 Å². The van der Waals surface area contributed by atoms with Gasteiger partial charge in [-0.25, -0.2) is 9.37 Å². The molecule has 2 aliphatic rings. The van der Waals surface area contributed by atoms with Gasteiger partial charge in [0.05, 0.1) is 5.56 Å². The normalized spacial score (nSPS) is 27.1. The van der Waals surface area contributed by atoms with Crippen LogP contribution in [0.3, 0.4) is 0 Å². The minimum Gasteiger partial charge on any atom is -0.366 e. The summed E-state index contributed by atoms with van der Waals surface area (Å²) in [5.74, 6) is -0.453. The van der Waals surface area contributed by atoms with Crippen LogP contribution in [0.2, 0.25) is 5.15 Å².